The summed E-state index contributed by atoms with van der Waals surface area (Å²) >= 11 is 0. The Morgan fingerprint density at radius 1 is 1.04 bits per heavy atom. The second-order valence-electron chi connectivity index (χ2n) is 7.29. The third-order valence-corrected chi connectivity index (χ3v) is 5.45. The van der Waals surface area contributed by atoms with Gasteiger partial charge in [-0.05, 0) is 72.5 Å². The Bertz CT molecular complexity index is 689. The van der Waals surface area contributed by atoms with E-state index in [0.717, 1.165) is 31.2 Å². The topological polar surface area (TPSA) is 38.9 Å². The van der Waals surface area contributed by atoms with Crippen molar-refractivity contribution in [1.82, 2.24) is 24.5 Å². The number of likely N-dealkylation sites (tertiary alicyclic amines) is 1. The van der Waals surface area contributed by atoms with Crippen LogP contribution in [0.4, 0.5) is 0 Å². The molecule has 0 N–H and O–H groups in total. The molecule has 1 fully saturated rings. The van der Waals surface area contributed by atoms with Crippen molar-refractivity contribution in [3.05, 3.63) is 34.4 Å². The standard InChI is InChI=1S/C19H31N5/c1-6-23-17(5)19(16(4)21-23)13-22-9-7-18(8-10-22)12-24-15(3)11-14(2)20-24/h11,18H,6-10,12-13H2,1-5H3. The molecular formula is C19H31N5. The zero-order valence-corrected chi connectivity index (χ0v) is 15.8. The first-order valence-electron chi connectivity index (χ1n) is 9.24. The van der Waals surface area contributed by atoms with Crippen LogP contribution in [-0.4, -0.2) is 37.6 Å². The van der Waals surface area contributed by atoms with Gasteiger partial charge in [-0.25, -0.2) is 0 Å². The van der Waals surface area contributed by atoms with E-state index in [1.54, 1.807) is 0 Å². The van der Waals surface area contributed by atoms with Gasteiger partial charge in [-0.1, -0.05) is 0 Å². The molecule has 1 saturated heterocycles. The van der Waals surface area contributed by atoms with Crippen LogP contribution in [0, 0.1) is 33.6 Å². The highest BCUT2D eigenvalue weighted by atomic mass is 15.3. The van der Waals surface area contributed by atoms with E-state index in [9.17, 15) is 0 Å². The van der Waals surface area contributed by atoms with Crippen LogP contribution < -0.4 is 0 Å². The Balaban J connectivity index is 1.56. The summed E-state index contributed by atoms with van der Waals surface area (Å²) in [6.45, 7) is 16.2. The van der Waals surface area contributed by atoms with E-state index in [4.69, 9.17) is 0 Å². The quantitative estimate of drug-likeness (QED) is 0.845. The highest BCUT2D eigenvalue weighted by Crippen LogP contribution is 2.23. The first-order chi connectivity index (χ1) is 11.5. The Hall–Kier alpha value is -1.62. The van der Waals surface area contributed by atoms with Gasteiger partial charge in [-0.3, -0.25) is 14.3 Å². The van der Waals surface area contributed by atoms with E-state index in [2.05, 4.69) is 65.1 Å². The first kappa shape index (κ1) is 17.2. The molecule has 24 heavy (non-hydrogen) atoms. The maximum atomic E-state index is 4.66. The molecule has 0 spiro atoms. The maximum Gasteiger partial charge on any atom is 0.0641 e. The zero-order valence-electron chi connectivity index (χ0n) is 15.8. The predicted molar refractivity (Wildman–Crippen MR) is 97.1 cm³/mol. The van der Waals surface area contributed by atoms with Gasteiger partial charge in [0, 0.05) is 36.6 Å². The Labute approximate surface area is 145 Å². The Morgan fingerprint density at radius 3 is 2.29 bits per heavy atom. The van der Waals surface area contributed by atoms with Gasteiger partial charge >= 0.3 is 0 Å². The summed E-state index contributed by atoms with van der Waals surface area (Å²) in [4.78, 5) is 2.59. The molecular weight excluding hydrogens is 298 g/mol. The van der Waals surface area contributed by atoms with Gasteiger partial charge in [0.25, 0.3) is 0 Å². The molecule has 3 heterocycles. The largest absolute Gasteiger partial charge is 0.299 e. The normalized spacial score (nSPS) is 16.9. The molecule has 1 aliphatic heterocycles. The SMILES string of the molecule is CCn1nc(C)c(CN2CCC(Cn3nc(C)cc3C)CC2)c1C. The molecule has 0 atom stereocenters. The van der Waals surface area contributed by atoms with E-state index < -0.39 is 0 Å². The van der Waals surface area contributed by atoms with Crippen molar-refractivity contribution >= 4 is 0 Å². The molecule has 2 aromatic heterocycles. The fourth-order valence-electron chi connectivity index (χ4n) is 3.93. The second kappa shape index (κ2) is 7.09. The number of hydrogen-bond donors (Lipinski definition) is 0. The Morgan fingerprint density at radius 2 is 1.75 bits per heavy atom. The summed E-state index contributed by atoms with van der Waals surface area (Å²) in [7, 11) is 0. The van der Waals surface area contributed by atoms with Crippen LogP contribution in [-0.2, 0) is 19.6 Å². The van der Waals surface area contributed by atoms with Crippen LogP contribution in [0.2, 0.25) is 0 Å². The summed E-state index contributed by atoms with van der Waals surface area (Å²) in [6, 6.07) is 2.17. The number of rotatable bonds is 5. The minimum absolute atomic E-state index is 0.750. The molecule has 1 aliphatic rings. The lowest BCUT2D eigenvalue weighted by molar-refractivity contribution is 0.163. The van der Waals surface area contributed by atoms with Crippen molar-refractivity contribution in [2.24, 2.45) is 5.92 Å². The third-order valence-electron chi connectivity index (χ3n) is 5.45. The fraction of sp³-hybridized carbons (Fsp3) is 0.684. The molecule has 0 aliphatic carbocycles. The highest BCUT2D eigenvalue weighted by molar-refractivity contribution is 5.24. The van der Waals surface area contributed by atoms with Crippen molar-refractivity contribution < 1.29 is 0 Å². The highest BCUT2D eigenvalue weighted by Gasteiger charge is 2.22. The molecule has 5 heteroatoms. The molecule has 5 nitrogen and oxygen atoms in total. The lowest BCUT2D eigenvalue weighted by Gasteiger charge is -2.32. The minimum Gasteiger partial charge on any atom is -0.299 e. The van der Waals surface area contributed by atoms with Crippen molar-refractivity contribution in [3.8, 4) is 0 Å². The average Bonchev–Trinajstić information content (AvgIpc) is 3.01. The maximum absolute atomic E-state index is 4.66. The van der Waals surface area contributed by atoms with Crippen molar-refractivity contribution in [2.45, 2.75) is 67.1 Å². The van der Waals surface area contributed by atoms with Crippen molar-refractivity contribution in [2.75, 3.05) is 13.1 Å². The van der Waals surface area contributed by atoms with Crippen LogP contribution in [0.1, 0.15) is 48.1 Å². The molecule has 0 saturated carbocycles. The van der Waals surface area contributed by atoms with E-state index >= 15 is 0 Å². The summed E-state index contributed by atoms with van der Waals surface area (Å²) in [5.41, 5.74) is 6.37. The van der Waals surface area contributed by atoms with Gasteiger partial charge in [0.2, 0.25) is 0 Å². The first-order valence-corrected chi connectivity index (χ1v) is 9.24. The summed E-state index contributed by atoms with van der Waals surface area (Å²) in [6.07, 6.45) is 2.52. The van der Waals surface area contributed by atoms with Crippen LogP contribution in [0.15, 0.2) is 6.07 Å². The van der Waals surface area contributed by atoms with Gasteiger partial charge in [0.05, 0.1) is 11.4 Å². The summed E-state index contributed by atoms with van der Waals surface area (Å²) < 4.78 is 4.31. The minimum atomic E-state index is 0.750. The monoisotopic (exact) mass is 329 g/mol. The lowest BCUT2D eigenvalue weighted by Crippen LogP contribution is -2.35. The van der Waals surface area contributed by atoms with Gasteiger partial charge in [0.1, 0.15) is 0 Å². The number of piperidine rings is 1. The molecule has 132 valence electrons. The summed E-state index contributed by atoms with van der Waals surface area (Å²) in [5.74, 6) is 0.750. The van der Waals surface area contributed by atoms with Crippen molar-refractivity contribution in [3.63, 3.8) is 0 Å². The molecule has 3 rings (SSSR count). The van der Waals surface area contributed by atoms with Crippen molar-refractivity contribution in [1.29, 1.82) is 0 Å². The Kier molecular flexibility index (Phi) is 5.09. The van der Waals surface area contributed by atoms with Gasteiger partial charge in [-0.2, -0.15) is 10.2 Å². The number of aryl methyl sites for hydroxylation is 4. The van der Waals surface area contributed by atoms with Gasteiger partial charge in [-0.15, -0.1) is 0 Å². The number of nitrogens with zero attached hydrogens (tertiary/aromatic N) is 5. The zero-order chi connectivity index (χ0) is 17.3. The van der Waals surface area contributed by atoms with E-state index in [0.29, 0.717) is 0 Å². The van der Waals surface area contributed by atoms with E-state index in [-0.39, 0.29) is 0 Å². The second-order valence-corrected chi connectivity index (χ2v) is 7.29. The predicted octanol–water partition coefficient (Wildman–Crippen LogP) is 3.25. The number of aromatic nitrogens is 4. The van der Waals surface area contributed by atoms with Crippen LogP contribution in [0.3, 0.4) is 0 Å². The molecule has 0 unspecified atom stereocenters. The van der Waals surface area contributed by atoms with Crippen LogP contribution in [0.25, 0.3) is 0 Å². The van der Waals surface area contributed by atoms with Gasteiger partial charge < -0.3 is 0 Å². The average molecular weight is 329 g/mol. The smallest absolute Gasteiger partial charge is 0.0641 e. The summed E-state index contributed by atoms with van der Waals surface area (Å²) in [5, 5.41) is 9.27. The van der Waals surface area contributed by atoms with Crippen LogP contribution >= 0.6 is 0 Å². The van der Waals surface area contributed by atoms with E-state index in [1.807, 2.05) is 0 Å². The molecule has 0 radical (unpaired) electrons. The van der Waals surface area contributed by atoms with Crippen LogP contribution in [0.5, 0.6) is 0 Å². The van der Waals surface area contributed by atoms with Gasteiger partial charge in [0.15, 0.2) is 0 Å². The van der Waals surface area contributed by atoms with E-state index in [1.165, 1.54) is 48.6 Å². The third kappa shape index (κ3) is 3.56. The molecule has 0 aromatic carbocycles. The fourth-order valence-corrected chi connectivity index (χ4v) is 3.93. The molecule has 0 amide bonds. The lowest BCUT2D eigenvalue weighted by atomic mass is 9.96. The molecule has 2 aromatic rings. The number of hydrogen-bond acceptors (Lipinski definition) is 3. The molecule has 0 bridgehead atoms.